The molecule has 0 bridgehead atoms. The van der Waals surface area contributed by atoms with Crippen molar-refractivity contribution >= 4 is 27.6 Å². The fourth-order valence-corrected chi connectivity index (χ4v) is 4.30. The minimum absolute atomic E-state index is 0.119. The van der Waals surface area contributed by atoms with E-state index in [1.165, 1.54) is 0 Å². The summed E-state index contributed by atoms with van der Waals surface area (Å²) in [5.41, 5.74) is 4.49. The van der Waals surface area contributed by atoms with Gasteiger partial charge in [-0.2, -0.15) is 10.4 Å². The Balaban J connectivity index is 1.65. The highest BCUT2D eigenvalue weighted by Gasteiger charge is 2.19. The fourth-order valence-electron chi connectivity index (χ4n) is 4.30. The second kappa shape index (κ2) is 7.22. The second-order valence-corrected chi connectivity index (χ2v) is 8.17. The van der Waals surface area contributed by atoms with Gasteiger partial charge in [-0.3, -0.25) is 4.68 Å². The number of anilines is 1. The highest BCUT2D eigenvalue weighted by atomic mass is 16.3. The molecule has 0 spiro atoms. The van der Waals surface area contributed by atoms with Crippen LogP contribution in [0.15, 0.2) is 30.6 Å². The van der Waals surface area contributed by atoms with E-state index in [-0.39, 0.29) is 5.75 Å². The van der Waals surface area contributed by atoms with Gasteiger partial charge >= 0.3 is 0 Å². The molecule has 1 aromatic carbocycles. The third-order valence-electron chi connectivity index (χ3n) is 5.90. The van der Waals surface area contributed by atoms with Crippen LogP contribution in [-0.4, -0.2) is 50.5 Å². The molecule has 8 nitrogen and oxygen atoms in total. The normalized spacial score (nSPS) is 16.7. The Bertz CT molecular complexity index is 1370. The molecule has 0 saturated carbocycles. The zero-order chi connectivity index (χ0) is 21.7. The number of aromatic hydroxyl groups is 1. The van der Waals surface area contributed by atoms with Crippen molar-refractivity contribution in [3.05, 3.63) is 41.7 Å². The lowest BCUT2D eigenvalue weighted by Crippen LogP contribution is -2.49. The van der Waals surface area contributed by atoms with Crippen molar-refractivity contribution in [3.8, 4) is 23.1 Å². The van der Waals surface area contributed by atoms with Crippen molar-refractivity contribution < 1.29 is 5.11 Å². The third kappa shape index (κ3) is 3.23. The average Bonchev–Trinajstić information content (AvgIpc) is 3.15. The molecular weight excluding hydrogens is 390 g/mol. The van der Waals surface area contributed by atoms with Crippen LogP contribution in [0.25, 0.3) is 33.2 Å². The van der Waals surface area contributed by atoms with Crippen LogP contribution in [0, 0.1) is 18.3 Å². The number of phenols is 1. The minimum atomic E-state index is 0.119. The molecule has 1 atom stereocenters. The van der Waals surface area contributed by atoms with Crippen LogP contribution in [0.3, 0.4) is 0 Å². The van der Waals surface area contributed by atoms with Gasteiger partial charge in [-0.05, 0) is 32.0 Å². The van der Waals surface area contributed by atoms with Crippen molar-refractivity contribution in [1.29, 1.82) is 5.26 Å². The molecule has 2 N–H and O–H groups in total. The van der Waals surface area contributed by atoms with Gasteiger partial charge in [-0.25, -0.2) is 9.97 Å². The van der Waals surface area contributed by atoms with Crippen molar-refractivity contribution in [1.82, 2.24) is 25.1 Å². The number of phenolic OH excluding ortho intramolecular Hbond substituents is 1. The molecule has 0 aliphatic carbocycles. The molecule has 8 heteroatoms. The highest BCUT2D eigenvalue weighted by Crippen LogP contribution is 2.37. The lowest BCUT2D eigenvalue weighted by molar-refractivity contribution is 0.474. The molecule has 1 saturated heterocycles. The molecule has 5 rings (SSSR count). The van der Waals surface area contributed by atoms with E-state index in [0.29, 0.717) is 39.5 Å². The number of pyridine rings is 2. The molecular formula is C23H23N7O. The Morgan fingerprint density at radius 3 is 2.90 bits per heavy atom. The Morgan fingerprint density at radius 1 is 1.29 bits per heavy atom. The molecule has 1 aliphatic rings. The van der Waals surface area contributed by atoms with Crippen LogP contribution in [0.1, 0.15) is 18.1 Å². The van der Waals surface area contributed by atoms with Gasteiger partial charge in [0.05, 0.1) is 34.7 Å². The lowest BCUT2D eigenvalue weighted by Gasteiger charge is -2.33. The summed E-state index contributed by atoms with van der Waals surface area (Å²) in [4.78, 5) is 11.5. The average molecular weight is 413 g/mol. The van der Waals surface area contributed by atoms with Gasteiger partial charge in [-0.15, -0.1) is 0 Å². The van der Waals surface area contributed by atoms with Gasteiger partial charge in [0, 0.05) is 60.8 Å². The van der Waals surface area contributed by atoms with Crippen LogP contribution >= 0.6 is 0 Å². The number of aryl methyl sites for hydroxylation is 2. The van der Waals surface area contributed by atoms with Gasteiger partial charge in [0.15, 0.2) is 5.65 Å². The van der Waals surface area contributed by atoms with E-state index >= 15 is 0 Å². The van der Waals surface area contributed by atoms with E-state index in [2.05, 4.69) is 33.3 Å². The zero-order valence-corrected chi connectivity index (χ0v) is 17.7. The Kier molecular flexibility index (Phi) is 4.49. The summed E-state index contributed by atoms with van der Waals surface area (Å²) in [7, 11) is 1.85. The number of nitrogens with zero attached hydrogens (tertiary/aromatic N) is 6. The van der Waals surface area contributed by atoms with E-state index in [9.17, 15) is 10.4 Å². The number of rotatable bonds is 2. The number of fused-ring (bicyclic) bond motifs is 2. The van der Waals surface area contributed by atoms with Gasteiger partial charge < -0.3 is 15.3 Å². The molecule has 156 valence electrons. The summed E-state index contributed by atoms with van der Waals surface area (Å²) in [6.07, 6.45) is 3.71. The highest BCUT2D eigenvalue weighted by molar-refractivity contribution is 5.93. The van der Waals surface area contributed by atoms with Crippen LogP contribution in [0.2, 0.25) is 0 Å². The van der Waals surface area contributed by atoms with Crippen LogP contribution in [0.5, 0.6) is 5.75 Å². The first kappa shape index (κ1) is 19.3. The molecule has 1 aliphatic heterocycles. The van der Waals surface area contributed by atoms with Crippen molar-refractivity contribution in [3.63, 3.8) is 0 Å². The first-order valence-corrected chi connectivity index (χ1v) is 10.3. The fraction of sp³-hybridized carbons (Fsp3) is 0.304. The summed E-state index contributed by atoms with van der Waals surface area (Å²) in [6, 6.07) is 8.26. The van der Waals surface area contributed by atoms with Crippen molar-refractivity contribution in [2.75, 3.05) is 24.5 Å². The van der Waals surface area contributed by atoms with Crippen LogP contribution < -0.4 is 10.2 Å². The summed E-state index contributed by atoms with van der Waals surface area (Å²) < 4.78 is 1.72. The zero-order valence-electron chi connectivity index (χ0n) is 17.7. The number of hydrogen-bond donors (Lipinski definition) is 2. The number of nitriles is 1. The topological polar surface area (TPSA) is 103 Å². The van der Waals surface area contributed by atoms with Gasteiger partial charge in [-0.1, -0.05) is 0 Å². The molecule has 4 heterocycles. The number of aromatic nitrogens is 4. The standard InChI is InChI=1S/C23H23N7O/c1-13-11-30(5-4-25-13)17-8-18-15(9-24)7-20(27-23(18)26-10-17)19-6-16-12-29(3)28-21(16)14(2)22(19)31/h6-8,10,12-13,25,31H,4-5,11H2,1-3H3. The first-order valence-electron chi connectivity index (χ1n) is 10.3. The molecule has 3 aromatic heterocycles. The number of hydrogen-bond acceptors (Lipinski definition) is 7. The Labute approximate surface area is 179 Å². The summed E-state index contributed by atoms with van der Waals surface area (Å²) in [5.74, 6) is 0.119. The number of piperazine rings is 1. The Morgan fingerprint density at radius 2 is 2.13 bits per heavy atom. The molecule has 4 aromatic rings. The SMILES string of the molecule is Cc1c(O)c(-c2cc(C#N)c3cc(N4CCNC(C)C4)cnc3n2)cc2cn(C)nc12. The van der Waals surface area contributed by atoms with Crippen LogP contribution in [-0.2, 0) is 7.05 Å². The maximum atomic E-state index is 10.8. The molecule has 1 unspecified atom stereocenters. The monoisotopic (exact) mass is 413 g/mol. The summed E-state index contributed by atoms with van der Waals surface area (Å²) >= 11 is 0. The van der Waals surface area contributed by atoms with Crippen LogP contribution in [0.4, 0.5) is 5.69 Å². The van der Waals surface area contributed by atoms with Gasteiger partial charge in [0.2, 0.25) is 0 Å². The van der Waals surface area contributed by atoms with E-state index in [4.69, 9.17) is 4.98 Å². The molecule has 0 radical (unpaired) electrons. The lowest BCUT2D eigenvalue weighted by atomic mass is 10.0. The minimum Gasteiger partial charge on any atom is -0.507 e. The van der Waals surface area contributed by atoms with E-state index < -0.39 is 0 Å². The summed E-state index contributed by atoms with van der Waals surface area (Å²) in [6.45, 7) is 6.68. The maximum Gasteiger partial charge on any atom is 0.161 e. The molecule has 1 fully saturated rings. The predicted molar refractivity (Wildman–Crippen MR) is 120 cm³/mol. The van der Waals surface area contributed by atoms with E-state index in [1.807, 2.05) is 38.5 Å². The Hall–Kier alpha value is -3.70. The molecule has 0 amide bonds. The number of benzene rings is 1. The maximum absolute atomic E-state index is 10.8. The molecule has 31 heavy (non-hydrogen) atoms. The van der Waals surface area contributed by atoms with Gasteiger partial charge in [0.1, 0.15) is 5.75 Å². The van der Waals surface area contributed by atoms with E-state index in [1.54, 1.807) is 10.7 Å². The van der Waals surface area contributed by atoms with Crippen molar-refractivity contribution in [2.24, 2.45) is 7.05 Å². The second-order valence-electron chi connectivity index (χ2n) is 8.17. The third-order valence-corrected chi connectivity index (χ3v) is 5.90. The summed E-state index contributed by atoms with van der Waals surface area (Å²) in [5, 5.41) is 30.1. The van der Waals surface area contributed by atoms with Crippen molar-refractivity contribution in [2.45, 2.75) is 19.9 Å². The predicted octanol–water partition coefficient (Wildman–Crippen LogP) is 2.87. The number of nitrogens with one attached hydrogen (secondary N) is 1. The quantitative estimate of drug-likeness (QED) is 0.521. The van der Waals surface area contributed by atoms with Gasteiger partial charge in [0.25, 0.3) is 0 Å². The first-order chi connectivity index (χ1) is 14.9. The van der Waals surface area contributed by atoms with E-state index in [0.717, 1.165) is 36.2 Å². The smallest absolute Gasteiger partial charge is 0.161 e. The largest absolute Gasteiger partial charge is 0.507 e.